The third-order valence-corrected chi connectivity index (χ3v) is 4.67. The quantitative estimate of drug-likeness (QED) is 0.374. The molecule has 6 heteroatoms. The number of thioether (sulfide) groups is 2. The van der Waals surface area contributed by atoms with E-state index in [9.17, 15) is 0 Å². The van der Waals surface area contributed by atoms with E-state index >= 15 is 0 Å². The lowest BCUT2D eigenvalue weighted by atomic mass is 10.4. The van der Waals surface area contributed by atoms with Crippen LogP contribution in [0.1, 0.15) is 13.8 Å². The van der Waals surface area contributed by atoms with E-state index in [1.54, 1.807) is 29.6 Å². The van der Waals surface area contributed by atoms with Crippen LogP contribution < -0.4 is 5.73 Å². The van der Waals surface area contributed by atoms with Crippen LogP contribution in [0.3, 0.4) is 0 Å². The van der Waals surface area contributed by atoms with Gasteiger partial charge in [0, 0.05) is 27.5 Å². The normalized spacial score (nSPS) is 12.2. The van der Waals surface area contributed by atoms with Gasteiger partial charge in [0.2, 0.25) is 0 Å². The molecule has 0 radical (unpaired) electrons. The summed E-state index contributed by atoms with van der Waals surface area (Å²) in [7, 11) is 0. The van der Waals surface area contributed by atoms with Gasteiger partial charge in [0.15, 0.2) is 5.17 Å². The van der Waals surface area contributed by atoms with Crippen LogP contribution in [0.15, 0.2) is 28.1 Å². The van der Waals surface area contributed by atoms with Crippen molar-refractivity contribution in [3.8, 4) is 0 Å². The molecule has 0 bridgehead atoms. The van der Waals surface area contributed by atoms with Gasteiger partial charge in [-0.3, -0.25) is 4.99 Å². The standard InChI is InChI=1S/C12H16Cl2N2S2/c1-8(2)16-12(15)18-6-5-17-11-7-9(13)3-4-10(11)14/h3-4,7-8H,5-6H2,1-2H3,(H2,15,16). The van der Waals surface area contributed by atoms with Crippen LogP contribution in [-0.2, 0) is 0 Å². The molecule has 0 fully saturated rings. The molecule has 0 amide bonds. The zero-order chi connectivity index (χ0) is 13.5. The predicted molar refractivity (Wildman–Crippen MR) is 86.4 cm³/mol. The second-order valence-corrected chi connectivity index (χ2v) is 6.93. The third-order valence-electron chi connectivity index (χ3n) is 1.87. The van der Waals surface area contributed by atoms with Crippen LogP contribution in [0.25, 0.3) is 0 Å². The lowest BCUT2D eigenvalue weighted by molar-refractivity contribution is 0.838. The van der Waals surface area contributed by atoms with Crippen LogP contribution >= 0.6 is 46.7 Å². The number of benzene rings is 1. The highest BCUT2D eigenvalue weighted by atomic mass is 35.5. The zero-order valence-electron chi connectivity index (χ0n) is 10.3. The number of halogens is 2. The van der Waals surface area contributed by atoms with Gasteiger partial charge in [0.25, 0.3) is 0 Å². The van der Waals surface area contributed by atoms with E-state index in [0.29, 0.717) is 10.2 Å². The van der Waals surface area contributed by atoms with Gasteiger partial charge in [0.1, 0.15) is 0 Å². The van der Waals surface area contributed by atoms with Gasteiger partial charge in [-0.25, -0.2) is 0 Å². The Balaban J connectivity index is 2.36. The summed E-state index contributed by atoms with van der Waals surface area (Å²) in [5, 5.41) is 2.08. The van der Waals surface area contributed by atoms with Crippen molar-refractivity contribution in [3.05, 3.63) is 28.2 Å². The van der Waals surface area contributed by atoms with Gasteiger partial charge in [-0.2, -0.15) is 0 Å². The van der Waals surface area contributed by atoms with Gasteiger partial charge in [-0.1, -0.05) is 35.0 Å². The number of rotatable bonds is 5. The zero-order valence-corrected chi connectivity index (χ0v) is 13.5. The molecule has 0 aliphatic heterocycles. The molecule has 0 spiro atoms. The largest absolute Gasteiger partial charge is 0.379 e. The van der Waals surface area contributed by atoms with Crippen LogP contribution in [-0.4, -0.2) is 22.7 Å². The molecule has 0 atom stereocenters. The highest BCUT2D eigenvalue weighted by Crippen LogP contribution is 2.30. The van der Waals surface area contributed by atoms with Crippen LogP contribution in [0.5, 0.6) is 0 Å². The molecule has 0 saturated carbocycles. The van der Waals surface area contributed by atoms with Gasteiger partial charge in [-0.15, -0.1) is 11.8 Å². The smallest absolute Gasteiger partial charge is 0.154 e. The van der Waals surface area contributed by atoms with Crippen molar-refractivity contribution in [1.29, 1.82) is 0 Å². The molecule has 100 valence electrons. The number of nitrogens with two attached hydrogens (primary N) is 1. The number of amidine groups is 1. The van der Waals surface area contributed by atoms with E-state index in [1.165, 1.54) is 0 Å². The summed E-state index contributed by atoms with van der Waals surface area (Å²) in [6.07, 6.45) is 0. The van der Waals surface area contributed by atoms with E-state index < -0.39 is 0 Å². The monoisotopic (exact) mass is 322 g/mol. The van der Waals surface area contributed by atoms with Crippen LogP contribution in [0.4, 0.5) is 0 Å². The summed E-state index contributed by atoms with van der Waals surface area (Å²) in [6.45, 7) is 4.02. The van der Waals surface area contributed by atoms with Crippen LogP contribution in [0, 0.1) is 0 Å². The molecule has 0 aliphatic rings. The average Bonchev–Trinajstić information content (AvgIpc) is 2.28. The van der Waals surface area contributed by atoms with Crippen molar-refractivity contribution in [1.82, 2.24) is 0 Å². The topological polar surface area (TPSA) is 38.4 Å². The average molecular weight is 323 g/mol. The minimum Gasteiger partial charge on any atom is -0.379 e. The first-order chi connectivity index (χ1) is 8.49. The minimum absolute atomic E-state index is 0.243. The number of aliphatic imine (C=N–C) groups is 1. The Labute approximate surface area is 127 Å². The molecular formula is C12H16Cl2N2S2. The van der Waals surface area contributed by atoms with Crippen molar-refractivity contribution < 1.29 is 0 Å². The van der Waals surface area contributed by atoms with E-state index in [1.807, 2.05) is 26.0 Å². The Morgan fingerprint density at radius 2 is 2.06 bits per heavy atom. The predicted octanol–water partition coefficient (Wildman–Crippen LogP) is 4.54. The molecule has 0 aliphatic carbocycles. The molecule has 18 heavy (non-hydrogen) atoms. The van der Waals surface area contributed by atoms with Crippen molar-refractivity contribution in [2.45, 2.75) is 24.8 Å². The first kappa shape index (κ1) is 16.0. The Bertz CT molecular complexity index is 423. The molecule has 2 nitrogen and oxygen atoms in total. The van der Waals surface area contributed by atoms with Crippen molar-refractivity contribution in [2.75, 3.05) is 11.5 Å². The van der Waals surface area contributed by atoms with Crippen molar-refractivity contribution >= 4 is 51.9 Å². The number of nitrogens with zero attached hydrogens (tertiary/aromatic N) is 1. The summed E-state index contributed by atoms with van der Waals surface area (Å²) in [5.41, 5.74) is 5.76. The fourth-order valence-corrected chi connectivity index (χ4v) is 3.49. The van der Waals surface area contributed by atoms with E-state index in [4.69, 9.17) is 28.9 Å². The highest BCUT2D eigenvalue weighted by Gasteiger charge is 2.03. The Morgan fingerprint density at radius 1 is 1.33 bits per heavy atom. The van der Waals surface area contributed by atoms with Gasteiger partial charge >= 0.3 is 0 Å². The second kappa shape index (κ2) is 8.20. The molecule has 0 unspecified atom stereocenters. The van der Waals surface area contributed by atoms with E-state index in [2.05, 4.69) is 4.99 Å². The van der Waals surface area contributed by atoms with Crippen molar-refractivity contribution in [3.63, 3.8) is 0 Å². The van der Waals surface area contributed by atoms with Crippen LogP contribution in [0.2, 0.25) is 10.0 Å². The molecule has 0 saturated heterocycles. The van der Waals surface area contributed by atoms with E-state index in [-0.39, 0.29) is 6.04 Å². The lowest BCUT2D eigenvalue weighted by Gasteiger charge is -2.05. The third kappa shape index (κ3) is 6.23. The SMILES string of the molecule is CC(C)N=C(N)SCCSc1cc(Cl)ccc1Cl. The van der Waals surface area contributed by atoms with E-state index in [0.717, 1.165) is 21.4 Å². The maximum atomic E-state index is 6.07. The molecule has 1 aromatic rings. The fraction of sp³-hybridized carbons (Fsp3) is 0.417. The molecule has 1 rings (SSSR count). The maximum absolute atomic E-state index is 6.07. The summed E-state index contributed by atoms with van der Waals surface area (Å²) >= 11 is 15.2. The van der Waals surface area contributed by atoms with Crippen molar-refractivity contribution in [2.24, 2.45) is 10.7 Å². The Hall–Kier alpha value is -0.0300. The Kier molecular flexibility index (Phi) is 7.30. The summed E-state index contributed by atoms with van der Waals surface area (Å²) < 4.78 is 0. The summed E-state index contributed by atoms with van der Waals surface area (Å²) in [5.74, 6) is 1.81. The minimum atomic E-state index is 0.243. The first-order valence-electron chi connectivity index (χ1n) is 5.53. The molecular weight excluding hydrogens is 307 g/mol. The van der Waals surface area contributed by atoms with Gasteiger partial charge < -0.3 is 5.73 Å². The summed E-state index contributed by atoms with van der Waals surface area (Å²) in [4.78, 5) is 5.26. The molecule has 1 aromatic carbocycles. The van der Waals surface area contributed by atoms with Gasteiger partial charge in [-0.05, 0) is 32.0 Å². The lowest BCUT2D eigenvalue weighted by Crippen LogP contribution is -2.10. The molecule has 2 N–H and O–H groups in total. The fourth-order valence-electron chi connectivity index (χ4n) is 1.18. The number of hydrogen-bond donors (Lipinski definition) is 1. The number of hydrogen-bond acceptors (Lipinski definition) is 3. The van der Waals surface area contributed by atoms with Gasteiger partial charge in [0.05, 0.1) is 5.02 Å². The maximum Gasteiger partial charge on any atom is 0.154 e. The first-order valence-corrected chi connectivity index (χ1v) is 8.25. The molecule has 0 aromatic heterocycles. The summed E-state index contributed by atoms with van der Waals surface area (Å²) in [6, 6.07) is 5.72. The second-order valence-electron chi connectivity index (χ2n) is 3.83. The molecule has 0 heterocycles. The highest BCUT2D eigenvalue weighted by molar-refractivity contribution is 8.14. The Morgan fingerprint density at radius 3 is 2.72 bits per heavy atom.